The van der Waals surface area contributed by atoms with Crippen molar-refractivity contribution in [3.05, 3.63) is 0 Å². The maximum Gasteiger partial charge on any atom is 0.407 e. The van der Waals surface area contributed by atoms with Crippen LogP contribution in [0.4, 0.5) is 4.79 Å². The Balaban J connectivity index is 2.26. The molecule has 1 aliphatic rings. The lowest BCUT2D eigenvalue weighted by Crippen LogP contribution is -2.34. The molecule has 4 heteroatoms. The van der Waals surface area contributed by atoms with Crippen molar-refractivity contribution in [2.24, 2.45) is 0 Å². The van der Waals surface area contributed by atoms with Gasteiger partial charge in [0.2, 0.25) is 0 Å². The first-order valence-corrected chi connectivity index (χ1v) is 3.74. The summed E-state index contributed by atoms with van der Waals surface area (Å²) < 4.78 is 4.80. The third-order valence-electron chi connectivity index (χ3n) is 1.77. The normalized spacial score (nSPS) is 16.5. The summed E-state index contributed by atoms with van der Waals surface area (Å²) in [7, 11) is 1.58. The van der Waals surface area contributed by atoms with Crippen LogP contribution in [0.25, 0.3) is 0 Å². The zero-order chi connectivity index (χ0) is 8.27. The minimum Gasteiger partial charge on any atom is -0.465 e. The van der Waals surface area contributed by atoms with E-state index in [1.165, 1.54) is 4.90 Å². The van der Waals surface area contributed by atoms with Crippen LogP contribution in [0.5, 0.6) is 0 Å². The molecule has 0 aromatic rings. The first kappa shape index (κ1) is 8.33. The van der Waals surface area contributed by atoms with Gasteiger partial charge in [-0.05, 0) is 12.8 Å². The summed E-state index contributed by atoms with van der Waals surface area (Å²) in [6.45, 7) is 0.985. The van der Waals surface area contributed by atoms with E-state index in [1.807, 2.05) is 0 Å². The minimum atomic E-state index is -0.829. The van der Waals surface area contributed by atoms with Gasteiger partial charge < -0.3 is 14.7 Å². The molecule has 1 N–H and O–H groups in total. The molecule has 1 saturated carbocycles. The Morgan fingerprint density at radius 1 is 1.73 bits per heavy atom. The molecule has 0 spiro atoms. The smallest absolute Gasteiger partial charge is 0.407 e. The maximum absolute atomic E-state index is 10.6. The zero-order valence-electron chi connectivity index (χ0n) is 6.62. The van der Waals surface area contributed by atoms with Gasteiger partial charge in [0.15, 0.2) is 0 Å². The van der Waals surface area contributed by atoms with Gasteiger partial charge in [-0.1, -0.05) is 0 Å². The predicted octanol–water partition coefficient (Wildman–Crippen LogP) is 0.775. The molecule has 11 heavy (non-hydrogen) atoms. The number of hydrogen-bond donors (Lipinski definition) is 1. The van der Waals surface area contributed by atoms with Gasteiger partial charge in [0.05, 0.1) is 6.61 Å². The molecule has 0 aromatic carbocycles. The number of nitrogens with zero attached hydrogens (tertiary/aromatic N) is 1. The Labute approximate surface area is 65.8 Å². The van der Waals surface area contributed by atoms with E-state index >= 15 is 0 Å². The van der Waals surface area contributed by atoms with Crippen LogP contribution >= 0.6 is 0 Å². The molecule has 0 radical (unpaired) electrons. The molecule has 0 atom stereocenters. The summed E-state index contributed by atoms with van der Waals surface area (Å²) in [4.78, 5) is 12.0. The molecule has 0 saturated heterocycles. The van der Waals surface area contributed by atoms with Crippen LogP contribution in [0.3, 0.4) is 0 Å². The molecular formula is C7H13NO3. The van der Waals surface area contributed by atoms with Gasteiger partial charge in [-0.3, -0.25) is 0 Å². The highest BCUT2D eigenvalue weighted by Gasteiger charge is 2.31. The summed E-state index contributed by atoms with van der Waals surface area (Å²) in [5, 5.41) is 8.68. The van der Waals surface area contributed by atoms with Gasteiger partial charge in [0.1, 0.15) is 0 Å². The summed E-state index contributed by atoms with van der Waals surface area (Å²) >= 11 is 0. The monoisotopic (exact) mass is 159 g/mol. The largest absolute Gasteiger partial charge is 0.465 e. The fraction of sp³-hybridized carbons (Fsp3) is 0.857. The SMILES string of the molecule is COCCN(C(=O)O)C1CC1. The van der Waals surface area contributed by atoms with Crippen LogP contribution in [0.2, 0.25) is 0 Å². The lowest BCUT2D eigenvalue weighted by atomic mass is 10.5. The number of carbonyl (C=O) groups is 1. The molecular weight excluding hydrogens is 146 g/mol. The quantitative estimate of drug-likeness (QED) is 0.659. The van der Waals surface area contributed by atoms with E-state index < -0.39 is 6.09 Å². The van der Waals surface area contributed by atoms with Crippen molar-refractivity contribution in [1.82, 2.24) is 4.90 Å². The van der Waals surface area contributed by atoms with E-state index in [2.05, 4.69) is 0 Å². The number of ether oxygens (including phenoxy) is 1. The molecule has 1 amide bonds. The summed E-state index contributed by atoms with van der Waals surface area (Å²) in [5.74, 6) is 0. The van der Waals surface area contributed by atoms with Crippen LogP contribution in [-0.2, 0) is 4.74 Å². The van der Waals surface area contributed by atoms with Gasteiger partial charge in [-0.15, -0.1) is 0 Å². The van der Waals surface area contributed by atoms with Crippen molar-refractivity contribution in [3.8, 4) is 0 Å². The van der Waals surface area contributed by atoms with Gasteiger partial charge in [-0.2, -0.15) is 0 Å². The molecule has 0 aliphatic heterocycles. The van der Waals surface area contributed by atoms with Gasteiger partial charge in [0, 0.05) is 19.7 Å². The van der Waals surface area contributed by atoms with Gasteiger partial charge >= 0.3 is 6.09 Å². The third-order valence-corrected chi connectivity index (χ3v) is 1.77. The van der Waals surface area contributed by atoms with Crippen molar-refractivity contribution in [2.45, 2.75) is 18.9 Å². The molecule has 1 fully saturated rings. The first-order chi connectivity index (χ1) is 5.25. The third kappa shape index (κ3) is 2.38. The lowest BCUT2D eigenvalue weighted by molar-refractivity contribution is 0.115. The Morgan fingerprint density at radius 2 is 2.36 bits per heavy atom. The highest BCUT2D eigenvalue weighted by atomic mass is 16.5. The molecule has 1 rings (SSSR count). The molecule has 4 nitrogen and oxygen atoms in total. The Bertz CT molecular complexity index is 145. The summed E-state index contributed by atoms with van der Waals surface area (Å²) in [6, 6.07) is 0.266. The van der Waals surface area contributed by atoms with Crippen LogP contribution in [-0.4, -0.2) is 42.4 Å². The zero-order valence-corrected chi connectivity index (χ0v) is 6.62. The van der Waals surface area contributed by atoms with Crippen LogP contribution in [0.15, 0.2) is 0 Å². The van der Waals surface area contributed by atoms with Crippen LogP contribution < -0.4 is 0 Å². The number of carboxylic acid groups (broad SMARTS) is 1. The van der Waals surface area contributed by atoms with Crippen LogP contribution in [0.1, 0.15) is 12.8 Å². The van der Waals surface area contributed by atoms with Crippen molar-refractivity contribution in [3.63, 3.8) is 0 Å². The Hall–Kier alpha value is -0.770. The second-order valence-electron chi connectivity index (χ2n) is 2.70. The van der Waals surface area contributed by atoms with Crippen molar-refractivity contribution in [2.75, 3.05) is 20.3 Å². The van der Waals surface area contributed by atoms with Crippen LogP contribution in [0, 0.1) is 0 Å². The molecule has 64 valence electrons. The average molecular weight is 159 g/mol. The lowest BCUT2D eigenvalue weighted by Gasteiger charge is -2.17. The maximum atomic E-state index is 10.6. The van der Waals surface area contributed by atoms with E-state index in [9.17, 15) is 4.79 Å². The summed E-state index contributed by atoms with van der Waals surface area (Å²) in [5.41, 5.74) is 0. The van der Waals surface area contributed by atoms with E-state index in [1.54, 1.807) is 7.11 Å². The van der Waals surface area contributed by atoms with Gasteiger partial charge in [-0.25, -0.2) is 4.79 Å². The number of amides is 1. The highest BCUT2D eigenvalue weighted by Crippen LogP contribution is 2.26. The molecule has 0 heterocycles. The summed E-state index contributed by atoms with van der Waals surface area (Å²) in [6.07, 6.45) is 1.19. The highest BCUT2D eigenvalue weighted by molar-refractivity contribution is 5.65. The van der Waals surface area contributed by atoms with E-state index in [0.29, 0.717) is 13.2 Å². The second-order valence-corrected chi connectivity index (χ2v) is 2.70. The van der Waals surface area contributed by atoms with E-state index in [4.69, 9.17) is 9.84 Å². The topological polar surface area (TPSA) is 49.8 Å². The number of methoxy groups -OCH3 is 1. The van der Waals surface area contributed by atoms with Gasteiger partial charge in [0.25, 0.3) is 0 Å². The standard InChI is InChI=1S/C7H13NO3/c1-11-5-4-8(7(9)10)6-2-3-6/h6H,2-5H2,1H3,(H,9,10). The predicted molar refractivity (Wildman–Crippen MR) is 39.6 cm³/mol. The number of hydrogen-bond acceptors (Lipinski definition) is 2. The molecule has 0 unspecified atom stereocenters. The van der Waals surface area contributed by atoms with E-state index in [0.717, 1.165) is 12.8 Å². The van der Waals surface area contributed by atoms with E-state index in [-0.39, 0.29) is 6.04 Å². The average Bonchev–Trinajstić information content (AvgIpc) is 2.71. The Kier molecular flexibility index (Phi) is 2.70. The fourth-order valence-corrected chi connectivity index (χ4v) is 1.01. The molecule has 1 aliphatic carbocycles. The van der Waals surface area contributed by atoms with Crippen molar-refractivity contribution in [1.29, 1.82) is 0 Å². The molecule has 0 bridgehead atoms. The van der Waals surface area contributed by atoms with Crippen molar-refractivity contribution >= 4 is 6.09 Å². The number of rotatable bonds is 4. The second kappa shape index (κ2) is 3.57. The molecule has 0 aromatic heterocycles. The fourth-order valence-electron chi connectivity index (χ4n) is 1.01. The first-order valence-electron chi connectivity index (χ1n) is 3.74. The Morgan fingerprint density at radius 3 is 2.73 bits per heavy atom. The minimum absolute atomic E-state index is 0.266. The van der Waals surface area contributed by atoms with Crippen molar-refractivity contribution < 1.29 is 14.6 Å².